The Kier molecular flexibility index (Phi) is 4.97. The molecule has 2 heterocycles. The normalized spacial score (nSPS) is 21.7. The lowest BCUT2D eigenvalue weighted by molar-refractivity contribution is 0.0114. The van der Waals surface area contributed by atoms with Gasteiger partial charge in [-0.05, 0) is 38.7 Å². The number of carbonyl (C=O) groups is 1. The summed E-state index contributed by atoms with van der Waals surface area (Å²) in [6.45, 7) is 12.8. The lowest BCUT2D eigenvalue weighted by Gasteiger charge is -2.39. The third-order valence-corrected chi connectivity index (χ3v) is 4.11. The van der Waals surface area contributed by atoms with E-state index in [0.29, 0.717) is 12.2 Å². The molecule has 1 saturated heterocycles. The summed E-state index contributed by atoms with van der Waals surface area (Å²) in [6.07, 6.45) is 3.94. The predicted molar refractivity (Wildman–Crippen MR) is 96.9 cm³/mol. The monoisotopic (exact) mass is 334 g/mol. The zero-order valence-electron chi connectivity index (χ0n) is 15.6. The number of anilines is 2. The van der Waals surface area contributed by atoms with E-state index in [1.807, 2.05) is 31.7 Å². The van der Waals surface area contributed by atoms with Gasteiger partial charge in [-0.15, -0.1) is 0 Å². The molecule has 134 valence electrons. The number of rotatable bonds is 2. The Morgan fingerprint density at radius 1 is 1.33 bits per heavy atom. The summed E-state index contributed by atoms with van der Waals surface area (Å²) in [5.74, 6) is 0. The fourth-order valence-electron chi connectivity index (χ4n) is 3.28. The van der Waals surface area contributed by atoms with Crippen molar-refractivity contribution in [3.8, 4) is 0 Å². The van der Waals surface area contributed by atoms with Gasteiger partial charge in [-0.1, -0.05) is 20.8 Å². The number of likely N-dealkylation sites (tertiary alicyclic amines) is 1. The van der Waals surface area contributed by atoms with Crippen molar-refractivity contribution in [3.63, 3.8) is 0 Å². The summed E-state index contributed by atoms with van der Waals surface area (Å²) in [6, 6.07) is 1.99. The Morgan fingerprint density at radius 3 is 2.54 bits per heavy atom. The molecule has 0 spiro atoms. The maximum absolute atomic E-state index is 12.6. The molecule has 1 aromatic heterocycles. The molecule has 2 unspecified atom stereocenters. The zero-order valence-corrected chi connectivity index (χ0v) is 15.6. The summed E-state index contributed by atoms with van der Waals surface area (Å²) in [5.41, 5.74) is 6.88. The molecule has 1 amide bonds. The van der Waals surface area contributed by atoms with Crippen LogP contribution in [0.1, 0.15) is 48.0 Å². The van der Waals surface area contributed by atoms with Crippen molar-refractivity contribution in [3.05, 3.63) is 18.5 Å². The number of hydrogen-bond acceptors (Lipinski definition) is 5. The topological polar surface area (TPSA) is 80.5 Å². The zero-order chi connectivity index (χ0) is 18.1. The molecule has 6 nitrogen and oxygen atoms in total. The van der Waals surface area contributed by atoms with Crippen LogP contribution in [0.2, 0.25) is 0 Å². The van der Waals surface area contributed by atoms with Gasteiger partial charge in [-0.3, -0.25) is 4.98 Å². The van der Waals surface area contributed by atoms with Crippen molar-refractivity contribution in [2.45, 2.75) is 65.6 Å². The molecule has 0 aromatic carbocycles. The summed E-state index contributed by atoms with van der Waals surface area (Å²) < 4.78 is 5.59. The number of nitrogens with two attached hydrogens (primary N) is 1. The largest absolute Gasteiger partial charge is 0.444 e. The van der Waals surface area contributed by atoms with Crippen LogP contribution in [0.3, 0.4) is 0 Å². The molecule has 2 atom stereocenters. The van der Waals surface area contributed by atoms with Crippen LogP contribution in [0.4, 0.5) is 16.2 Å². The van der Waals surface area contributed by atoms with E-state index < -0.39 is 5.60 Å². The smallest absolute Gasteiger partial charge is 0.410 e. The van der Waals surface area contributed by atoms with Crippen LogP contribution >= 0.6 is 0 Å². The summed E-state index contributed by atoms with van der Waals surface area (Å²) >= 11 is 0. The Morgan fingerprint density at radius 2 is 2.00 bits per heavy atom. The molecular formula is C18H30N4O2. The minimum atomic E-state index is -0.499. The van der Waals surface area contributed by atoms with Crippen LogP contribution in [0, 0.1) is 5.41 Å². The average Bonchev–Trinajstić information content (AvgIpc) is 2.83. The number of pyridine rings is 1. The second-order valence-corrected chi connectivity index (χ2v) is 8.49. The highest BCUT2D eigenvalue weighted by Crippen LogP contribution is 2.36. The van der Waals surface area contributed by atoms with Crippen LogP contribution in [0.15, 0.2) is 18.5 Å². The predicted octanol–water partition coefficient (Wildman–Crippen LogP) is 3.50. The van der Waals surface area contributed by atoms with Crippen LogP contribution < -0.4 is 11.1 Å². The Labute approximate surface area is 144 Å². The first kappa shape index (κ1) is 18.4. The molecule has 3 N–H and O–H groups in total. The van der Waals surface area contributed by atoms with Gasteiger partial charge in [-0.2, -0.15) is 0 Å². The molecule has 1 aliphatic heterocycles. The van der Waals surface area contributed by atoms with Crippen molar-refractivity contribution in [1.82, 2.24) is 9.88 Å². The molecule has 0 aliphatic carbocycles. The second-order valence-electron chi connectivity index (χ2n) is 8.49. The summed E-state index contributed by atoms with van der Waals surface area (Å²) in [5, 5.41) is 3.50. The molecule has 2 rings (SSSR count). The first-order chi connectivity index (χ1) is 11.0. The Bertz CT molecular complexity index is 589. The number of nitrogen functional groups attached to an aromatic ring is 1. The number of nitrogens with zero attached hydrogens (tertiary/aromatic N) is 2. The van der Waals surface area contributed by atoms with E-state index in [0.717, 1.165) is 12.1 Å². The molecule has 1 aromatic rings. The molecule has 24 heavy (non-hydrogen) atoms. The highest BCUT2D eigenvalue weighted by molar-refractivity contribution is 5.70. The van der Waals surface area contributed by atoms with Gasteiger partial charge < -0.3 is 20.7 Å². The summed E-state index contributed by atoms with van der Waals surface area (Å²) in [4.78, 5) is 18.5. The lowest BCUT2D eigenvalue weighted by Crippen LogP contribution is -2.51. The highest BCUT2D eigenvalue weighted by Gasteiger charge is 2.45. The Hall–Kier alpha value is -1.98. The van der Waals surface area contributed by atoms with Crippen LogP contribution in [0.5, 0.6) is 0 Å². The number of aromatic nitrogens is 1. The van der Waals surface area contributed by atoms with Gasteiger partial charge in [0.2, 0.25) is 0 Å². The van der Waals surface area contributed by atoms with E-state index in [1.54, 1.807) is 12.4 Å². The molecule has 1 fully saturated rings. The third-order valence-electron chi connectivity index (χ3n) is 4.11. The quantitative estimate of drug-likeness (QED) is 0.865. The van der Waals surface area contributed by atoms with Crippen LogP contribution in [0.25, 0.3) is 0 Å². The van der Waals surface area contributed by atoms with Crippen molar-refractivity contribution in [2.24, 2.45) is 5.41 Å². The molecule has 0 bridgehead atoms. The molecule has 0 radical (unpaired) electrons. The molecular weight excluding hydrogens is 304 g/mol. The highest BCUT2D eigenvalue weighted by atomic mass is 16.6. The van der Waals surface area contributed by atoms with E-state index in [1.165, 1.54) is 0 Å². The first-order valence-corrected chi connectivity index (χ1v) is 8.45. The minimum absolute atomic E-state index is 0.0138. The standard InChI is InChI=1S/C18H30N4O2/c1-17(2,3)15-14(21-13-7-9-20-11-12(13)19)8-10-22(15)16(23)24-18(4,5)6/h7,9,11,14-15H,8,10,19H2,1-6H3,(H,20,21). The van der Waals surface area contributed by atoms with E-state index in [2.05, 4.69) is 31.1 Å². The average molecular weight is 334 g/mol. The van der Waals surface area contributed by atoms with Crippen molar-refractivity contribution in [2.75, 3.05) is 17.6 Å². The SMILES string of the molecule is CC(C)(C)OC(=O)N1CCC(Nc2ccncc2N)C1C(C)(C)C. The molecule has 1 aliphatic rings. The fourth-order valence-corrected chi connectivity index (χ4v) is 3.28. The number of carbonyl (C=O) groups excluding carboxylic acids is 1. The molecule has 0 saturated carbocycles. The van der Waals surface area contributed by atoms with Crippen molar-refractivity contribution >= 4 is 17.5 Å². The lowest BCUT2D eigenvalue weighted by atomic mass is 9.82. The Balaban J connectivity index is 2.21. The van der Waals surface area contributed by atoms with Gasteiger partial charge >= 0.3 is 6.09 Å². The van der Waals surface area contributed by atoms with E-state index in [9.17, 15) is 4.79 Å². The number of hydrogen-bond donors (Lipinski definition) is 2. The van der Waals surface area contributed by atoms with Crippen molar-refractivity contribution < 1.29 is 9.53 Å². The van der Waals surface area contributed by atoms with Crippen LogP contribution in [-0.2, 0) is 4.74 Å². The maximum atomic E-state index is 12.6. The van der Waals surface area contributed by atoms with Gasteiger partial charge in [-0.25, -0.2) is 4.79 Å². The van der Waals surface area contributed by atoms with Gasteiger partial charge in [0.15, 0.2) is 0 Å². The number of ether oxygens (including phenoxy) is 1. The van der Waals surface area contributed by atoms with E-state index in [-0.39, 0.29) is 23.6 Å². The third kappa shape index (κ3) is 4.30. The second kappa shape index (κ2) is 6.49. The van der Waals surface area contributed by atoms with E-state index in [4.69, 9.17) is 10.5 Å². The molecule has 6 heteroatoms. The first-order valence-electron chi connectivity index (χ1n) is 8.45. The van der Waals surface area contributed by atoms with Gasteiger partial charge in [0.25, 0.3) is 0 Å². The van der Waals surface area contributed by atoms with Crippen molar-refractivity contribution in [1.29, 1.82) is 0 Å². The number of amides is 1. The maximum Gasteiger partial charge on any atom is 0.410 e. The van der Waals surface area contributed by atoms with Gasteiger partial charge in [0, 0.05) is 18.8 Å². The fraction of sp³-hybridized carbons (Fsp3) is 0.667. The van der Waals surface area contributed by atoms with Gasteiger partial charge in [0.1, 0.15) is 5.60 Å². The number of nitrogens with one attached hydrogen (secondary N) is 1. The summed E-state index contributed by atoms with van der Waals surface area (Å²) in [7, 11) is 0. The van der Waals surface area contributed by atoms with Gasteiger partial charge in [0.05, 0.1) is 23.6 Å². The van der Waals surface area contributed by atoms with Crippen LogP contribution in [-0.4, -0.2) is 40.2 Å². The minimum Gasteiger partial charge on any atom is -0.444 e. The van der Waals surface area contributed by atoms with E-state index >= 15 is 0 Å².